The summed E-state index contributed by atoms with van der Waals surface area (Å²) in [4.78, 5) is 23.3. The number of hydrogen-bond donors (Lipinski definition) is 0. The Labute approximate surface area is 121 Å². The molecule has 0 aliphatic heterocycles. The van der Waals surface area contributed by atoms with Crippen LogP contribution >= 0.6 is 0 Å². The molecule has 1 atom stereocenters. The van der Waals surface area contributed by atoms with Crippen LogP contribution in [0.2, 0.25) is 0 Å². The average Bonchev–Trinajstić information content (AvgIpc) is 2.44. The second kappa shape index (κ2) is 7.14. The monoisotopic (exact) mass is 291 g/mol. The molecule has 1 aromatic carbocycles. The lowest BCUT2D eigenvalue weighted by Crippen LogP contribution is -2.33. The molecule has 21 heavy (non-hydrogen) atoms. The molecule has 1 rings (SSSR count). The molecule has 0 saturated heterocycles. The van der Waals surface area contributed by atoms with E-state index in [0.717, 1.165) is 18.2 Å². The molecule has 110 valence electrons. The van der Waals surface area contributed by atoms with Crippen molar-refractivity contribution in [2.24, 2.45) is 0 Å². The molecule has 0 aliphatic carbocycles. The van der Waals surface area contributed by atoms with Gasteiger partial charge in [0.25, 0.3) is 5.69 Å². The number of nitro benzene ring substituents is 1. The van der Waals surface area contributed by atoms with E-state index in [9.17, 15) is 19.3 Å². The van der Waals surface area contributed by atoms with Crippen LogP contribution in [-0.2, 0) is 4.79 Å². The van der Waals surface area contributed by atoms with Crippen molar-refractivity contribution in [1.29, 1.82) is 5.26 Å². The van der Waals surface area contributed by atoms with Gasteiger partial charge < -0.3 is 4.90 Å². The predicted molar refractivity (Wildman–Crippen MR) is 74.6 cm³/mol. The van der Waals surface area contributed by atoms with Gasteiger partial charge in [0, 0.05) is 19.2 Å². The first kappa shape index (κ1) is 16.3. The minimum atomic E-state index is -0.718. The lowest BCUT2D eigenvalue weighted by atomic mass is 10.1. The highest BCUT2D eigenvalue weighted by molar-refractivity contribution is 5.92. The summed E-state index contributed by atoms with van der Waals surface area (Å²) in [6.45, 7) is 1.72. The molecule has 7 heteroatoms. The molecule has 0 heterocycles. The van der Waals surface area contributed by atoms with E-state index < -0.39 is 22.3 Å². The normalized spacial score (nSPS) is 11.9. The van der Waals surface area contributed by atoms with Crippen LogP contribution in [0.1, 0.15) is 18.9 Å². The van der Waals surface area contributed by atoms with Gasteiger partial charge in [-0.3, -0.25) is 14.9 Å². The largest absolute Gasteiger partial charge is 0.338 e. The zero-order valence-electron chi connectivity index (χ0n) is 11.6. The Hall–Kier alpha value is -2.75. The number of benzene rings is 1. The molecule has 0 bridgehead atoms. The molecule has 0 radical (unpaired) electrons. The highest BCUT2D eigenvalue weighted by Crippen LogP contribution is 2.21. The van der Waals surface area contributed by atoms with Crippen molar-refractivity contribution in [3.63, 3.8) is 0 Å². The summed E-state index contributed by atoms with van der Waals surface area (Å²) in [5.41, 5.74) is -0.275. The SMILES string of the molecule is CC(CC#N)N(C)C(=O)C=Cc1ccc(F)cc1[N+](=O)[O-]. The lowest BCUT2D eigenvalue weighted by molar-refractivity contribution is -0.385. The summed E-state index contributed by atoms with van der Waals surface area (Å²) in [5, 5.41) is 19.4. The molecule has 1 unspecified atom stereocenters. The summed E-state index contributed by atoms with van der Waals surface area (Å²) in [6, 6.07) is 4.80. The number of carbonyl (C=O) groups is 1. The first-order valence-electron chi connectivity index (χ1n) is 6.12. The van der Waals surface area contributed by atoms with Crippen LogP contribution in [0.4, 0.5) is 10.1 Å². The maximum absolute atomic E-state index is 13.0. The first-order chi connectivity index (χ1) is 9.86. The number of carbonyl (C=O) groups excluding carboxylic acids is 1. The fourth-order valence-corrected chi connectivity index (χ4v) is 1.58. The molecule has 0 N–H and O–H groups in total. The minimum absolute atomic E-state index is 0.135. The van der Waals surface area contributed by atoms with E-state index in [1.165, 1.54) is 24.1 Å². The fourth-order valence-electron chi connectivity index (χ4n) is 1.58. The number of nitrogens with zero attached hydrogens (tertiary/aromatic N) is 3. The van der Waals surface area contributed by atoms with Crippen LogP contribution in [0.5, 0.6) is 0 Å². The smallest absolute Gasteiger partial charge is 0.279 e. The van der Waals surface area contributed by atoms with E-state index >= 15 is 0 Å². The van der Waals surface area contributed by atoms with E-state index in [1.807, 2.05) is 6.07 Å². The second-order valence-electron chi connectivity index (χ2n) is 4.45. The minimum Gasteiger partial charge on any atom is -0.338 e. The third-order valence-corrected chi connectivity index (χ3v) is 2.99. The van der Waals surface area contributed by atoms with Gasteiger partial charge in [-0.1, -0.05) is 0 Å². The van der Waals surface area contributed by atoms with Crippen LogP contribution in [0.15, 0.2) is 24.3 Å². The van der Waals surface area contributed by atoms with Crippen LogP contribution in [0, 0.1) is 27.3 Å². The molecular weight excluding hydrogens is 277 g/mol. The number of nitro groups is 1. The third-order valence-electron chi connectivity index (χ3n) is 2.99. The lowest BCUT2D eigenvalue weighted by Gasteiger charge is -2.21. The summed E-state index contributed by atoms with van der Waals surface area (Å²) in [6.07, 6.45) is 2.61. The first-order valence-corrected chi connectivity index (χ1v) is 6.12. The van der Waals surface area contributed by atoms with Crippen LogP contribution in [0.3, 0.4) is 0 Å². The third kappa shape index (κ3) is 4.38. The maximum atomic E-state index is 13.0. The Morgan fingerprint density at radius 2 is 2.29 bits per heavy atom. The zero-order valence-corrected chi connectivity index (χ0v) is 11.6. The number of likely N-dealkylation sites (N-methyl/N-ethyl adjacent to an activating group) is 1. The predicted octanol–water partition coefficient (Wildman–Crippen LogP) is 2.51. The van der Waals surface area contributed by atoms with Gasteiger partial charge >= 0.3 is 0 Å². The van der Waals surface area contributed by atoms with Gasteiger partial charge in [-0.15, -0.1) is 0 Å². The van der Waals surface area contributed by atoms with Gasteiger partial charge in [-0.05, 0) is 25.1 Å². The Morgan fingerprint density at radius 1 is 1.62 bits per heavy atom. The number of halogens is 1. The van der Waals surface area contributed by atoms with Gasteiger partial charge in [-0.2, -0.15) is 5.26 Å². The molecule has 6 nitrogen and oxygen atoms in total. The molecule has 0 fully saturated rings. The number of nitriles is 1. The molecular formula is C14H14FN3O3. The van der Waals surface area contributed by atoms with Crippen molar-refractivity contribution in [3.8, 4) is 6.07 Å². The van der Waals surface area contributed by atoms with Gasteiger partial charge in [-0.25, -0.2) is 4.39 Å². The van der Waals surface area contributed by atoms with Gasteiger partial charge in [0.1, 0.15) is 5.82 Å². The number of amides is 1. The molecule has 0 saturated carbocycles. The summed E-state index contributed by atoms with van der Waals surface area (Å²) >= 11 is 0. The maximum Gasteiger partial charge on any atom is 0.279 e. The highest BCUT2D eigenvalue weighted by Gasteiger charge is 2.15. The van der Waals surface area contributed by atoms with Crippen molar-refractivity contribution in [1.82, 2.24) is 4.90 Å². The van der Waals surface area contributed by atoms with Crippen molar-refractivity contribution < 1.29 is 14.1 Å². The summed E-state index contributed by atoms with van der Waals surface area (Å²) in [5.74, 6) is -1.11. The number of hydrogen-bond acceptors (Lipinski definition) is 4. The van der Waals surface area contributed by atoms with E-state index in [0.29, 0.717) is 0 Å². The van der Waals surface area contributed by atoms with E-state index in [1.54, 1.807) is 6.92 Å². The Morgan fingerprint density at radius 3 is 2.86 bits per heavy atom. The van der Waals surface area contributed by atoms with Crippen molar-refractivity contribution in [2.75, 3.05) is 7.05 Å². The van der Waals surface area contributed by atoms with Crippen molar-refractivity contribution in [2.45, 2.75) is 19.4 Å². The van der Waals surface area contributed by atoms with Gasteiger partial charge in [0.15, 0.2) is 0 Å². The van der Waals surface area contributed by atoms with Crippen LogP contribution in [-0.4, -0.2) is 28.8 Å². The topological polar surface area (TPSA) is 87.2 Å². The second-order valence-corrected chi connectivity index (χ2v) is 4.45. The van der Waals surface area contributed by atoms with Gasteiger partial charge in [0.05, 0.1) is 29.0 Å². The van der Waals surface area contributed by atoms with Gasteiger partial charge in [0.2, 0.25) is 5.91 Å². The van der Waals surface area contributed by atoms with Crippen molar-refractivity contribution >= 4 is 17.7 Å². The molecule has 0 spiro atoms. The number of rotatable bonds is 5. The summed E-state index contributed by atoms with van der Waals surface area (Å²) < 4.78 is 13.0. The molecule has 1 amide bonds. The van der Waals surface area contributed by atoms with Crippen molar-refractivity contribution in [3.05, 3.63) is 45.8 Å². The molecule has 0 aliphatic rings. The highest BCUT2D eigenvalue weighted by atomic mass is 19.1. The average molecular weight is 291 g/mol. The Balaban J connectivity index is 2.93. The van der Waals surface area contributed by atoms with E-state index in [-0.39, 0.29) is 18.0 Å². The molecule has 1 aromatic rings. The Bertz CT molecular complexity index is 622. The fraction of sp³-hybridized carbons (Fsp3) is 0.286. The van der Waals surface area contributed by atoms with E-state index in [2.05, 4.69) is 0 Å². The quantitative estimate of drug-likeness (QED) is 0.473. The van der Waals surface area contributed by atoms with E-state index in [4.69, 9.17) is 5.26 Å². The van der Waals surface area contributed by atoms with Crippen LogP contribution < -0.4 is 0 Å². The van der Waals surface area contributed by atoms with Crippen LogP contribution in [0.25, 0.3) is 6.08 Å². The summed E-state index contributed by atoms with van der Waals surface area (Å²) in [7, 11) is 1.54. The zero-order chi connectivity index (χ0) is 16.0. The Kier molecular flexibility index (Phi) is 5.55. The molecule has 0 aromatic heterocycles. The standard InChI is InChI=1S/C14H14FN3O3/c1-10(7-8-16)17(2)14(19)6-4-11-3-5-12(15)9-13(11)18(20)21/h3-6,9-10H,7H2,1-2H3.